The fourth-order valence-electron chi connectivity index (χ4n) is 5.11. The van der Waals surface area contributed by atoms with E-state index in [4.69, 9.17) is 20.4 Å². The summed E-state index contributed by atoms with van der Waals surface area (Å²) in [6.45, 7) is 6.46. The number of primary amides is 1. The molecule has 3 aromatic rings. The van der Waals surface area contributed by atoms with Crippen molar-refractivity contribution in [3.05, 3.63) is 41.9 Å². The Morgan fingerprint density at radius 3 is 2.71 bits per heavy atom. The van der Waals surface area contributed by atoms with Crippen LogP contribution in [0.2, 0.25) is 0 Å². The summed E-state index contributed by atoms with van der Waals surface area (Å²) in [6.07, 6.45) is 5.76. The average Bonchev–Trinajstić information content (AvgIpc) is 3.49. The number of piperidine rings is 1. The Balaban J connectivity index is 1.06. The highest BCUT2D eigenvalue weighted by atomic mass is 32.1. The molecule has 1 amide bonds. The zero-order chi connectivity index (χ0) is 23.3. The third-order valence-corrected chi connectivity index (χ3v) is 7.96. The lowest BCUT2D eigenvalue weighted by molar-refractivity contribution is -0.118. The van der Waals surface area contributed by atoms with Crippen molar-refractivity contribution in [1.82, 2.24) is 14.9 Å². The highest BCUT2D eigenvalue weighted by Crippen LogP contribution is 2.33. The van der Waals surface area contributed by atoms with Crippen LogP contribution in [0, 0.1) is 11.8 Å². The molecule has 2 aromatic heterocycles. The van der Waals surface area contributed by atoms with E-state index in [1.54, 1.807) is 11.3 Å². The van der Waals surface area contributed by atoms with Crippen molar-refractivity contribution in [3.63, 3.8) is 0 Å². The van der Waals surface area contributed by atoms with Crippen LogP contribution in [0.3, 0.4) is 0 Å². The first-order valence-electron chi connectivity index (χ1n) is 12.3. The maximum atomic E-state index is 11.1. The lowest BCUT2D eigenvalue weighted by Gasteiger charge is -2.32. The van der Waals surface area contributed by atoms with Gasteiger partial charge in [0, 0.05) is 61.7 Å². The molecule has 8 heteroatoms. The molecule has 4 heterocycles. The van der Waals surface area contributed by atoms with E-state index in [0.29, 0.717) is 18.3 Å². The number of nitrogens with zero attached hydrogens (tertiary/aromatic N) is 4. The fraction of sp³-hybridized carbons (Fsp3) is 0.500. The number of ether oxygens (including phenoxy) is 1. The minimum absolute atomic E-state index is 0.188. The quantitative estimate of drug-likeness (QED) is 0.470. The highest BCUT2D eigenvalue weighted by Gasteiger charge is 2.24. The molecular formula is C26H33N5O2S. The summed E-state index contributed by atoms with van der Waals surface area (Å²) in [7, 11) is 0. The van der Waals surface area contributed by atoms with Gasteiger partial charge < -0.3 is 20.3 Å². The first-order chi connectivity index (χ1) is 16.7. The van der Waals surface area contributed by atoms with E-state index >= 15 is 0 Å². The summed E-state index contributed by atoms with van der Waals surface area (Å²) in [6, 6.07) is 10.4. The molecule has 7 nitrogen and oxygen atoms in total. The summed E-state index contributed by atoms with van der Waals surface area (Å²) in [5.74, 6) is 1.66. The van der Waals surface area contributed by atoms with E-state index in [0.717, 1.165) is 81.4 Å². The highest BCUT2D eigenvalue weighted by molar-refractivity contribution is 7.17. The molecule has 0 bridgehead atoms. The minimum Gasteiger partial charge on any atom is -0.380 e. The van der Waals surface area contributed by atoms with E-state index < -0.39 is 0 Å². The second-order valence-corrected chi connectivity index (χ2v) is 10.4. The second-order valence-electron chi connectivity index (χ2n) is 9.54. The zero-order valence-electron chi connectivity index (χ0n) is 19.6. The van der Waals surface area contributed by atoms with Crippen molar-refractivity contribution < 1.29 is 9.53 Å². The van der Waals surface area contributed by atoms with Crippen LogP contribution in [-0.4, -0.2) is 66.7 Å². The molecule has 5 rings (SSSR count). The lowest BCUT2D eigenvalue weighted by Crippen LogP contribution is -2.36. The largest absolute Gasteiger partial charge is 0.380 e. The predicted molar refractivity (Wildman–Crippen MR) is 137 cm³/mol. The molecule has 2 aliphatic heterocycles. The standard InChI is InChI=1S/C26H33N5O2S/c27-24(32)14-20-6-9-30(16-20)12-13-33-17-19-7-10-31(11-8-19)26-28-15-22-23(18-34-25(22)29-26)21-4-2-1-3-5-21/h1-5,15,18-20H,6-14,16-17H2,(H2,27,32). The monoisotopic (exact) mass is 479 g/mol. The summed E-state index contributed by atoms with van der Waals surface area (Å²) >= 11 is 1.69. The molecule has 1 aromatic carbocycles. The number of likely N-dealkylation sites (tertiary alicyclic amines) is 1. The number of thiophene rings is 1. The molecule has 0 saturated carbocycles. The van der Waals surface area contributed by atoms with Crippen molar-refractivity contribution in [2.24, 2.45) is 17.6 Å². The predicted octanol–water partition coefficient (Wildman–Crippen LogP) is 3.79. The van der Waals surface area contributed by atoms with Gasteiger partial charge in [-0.25, -0.2) is 9.97 Å². The maximum Gasteiger partial charge on any atom is 0.226 e. The molecule has 2 aliphatic rings. The average molecular weight is 480 g/mol. The number of rotatable bonds is 9. The van der Waals surface area contributed by atoms with Gasteiger partial charge >= 0.3 is 0 Å². The van der Waals surface area contributed by atoms with Crippen LogP contribution in [0.1, 0.15) is 25.7 Å². The van der Waals surface area contributed by atoms with Crippen LogP contribution in [0.4, 0.5) is 5.95 Å². The van der Waals surface area contributed by atoms with Crippen molar-refractivity contribution in [2.75, 3.05) is 50.8 Å². The molecule has 2 saturated heterocycles. The topological polar surface area (TPSA) is 84.6 Å². The van der Waals surface area contributed by atoms with Gasteiger partial charge in [-0.1, -0.05) is 30.3 Å². The Morgan fingerprint density at radius 2 is 1.91 bits per heavy atom. The van der Waals surface area contributed by atoms with Crippen LogP contribution in [0.5, 0.6) is 0 Å². The number of benzene rings is 1. The van der Waals surface area contributed by atoms with Crippen molar-refractivity contribution in [3.8, 4) is 11.1 Å². The lowest BCUT2D eigenvalue weighted by atomic mass is 9.98. The number of hydrogen-bond acceptors (Lipinski definition) is 7. The van der Waals surface area contributed by atoms with Crippen LogP contribution in [0.15, 0.2) is 41.9 Å². The fourth-order valence-corrected chi connectivity index (χ4v) is 6.03. The molecule has 34 heavy (non-hydrogen) atoms. The number of hydrogen-bond donors (Lipinski definition) is 1. The SMILES string of the molecule is NC(=O)CC1CCN(CCOCC2CCN(c3ncc4c(-c5ccccc5)csc4n3)CC2)C1. The van der Waals surface area contributed by atoms with Gasteiger partial charge in [0.05, 0.1) is 6.61 Å². The second kappa shape index (κ2) is 10.8. The zero-order valence-corrected chi connectivity index (χ0v) is 20.4. The molecule has 1 unspecified atom stereocenters. The molecule has 0 radical (unpaired) electrons. The Morgan fingerprint density at radius 1 is 1.12 bits per heavy atom. The van der Waals surface area contributed by atoms with Gasteiger partial charge in [-0.15, -0.1) is 11.3 Å². The summed E-state index contributed by atoms with van der Waals surface area (Å²) < 4.78 is 6.01. The number of anilines is 1. The number of amides is 1. The third-order valence-electron chi connectivity index (χ3n) is 7.07. The number of fused-ring (bicyclic) bond motifs is 1. The first kappa shape index (κ1) is 23.2. The minimum atomic E-state index is -0.188. The summed E-state index contributed by atoms with van der Waals surface area (Å²) in [5, 5.41) is 3.31. The van der Waals surface area contributed by atoms with Crippen LogP contribution >= 0.6 is 11.3 Å². The third kappa shape index (κ3) is 5.56. The molecular weight excluding hydrogens is 446 g/mol. The number of aromatic nitrogens is 2. The Hall–Kier alpha value is -2.55. The van der Waals surface area contributed by atoms with Crippen molar-refractivity contribution in [1.29, 1.82) is 0 Å². The summed E-state index contributed by atoms with van der Waals surface area (Å²) in [4.78, 5) is 26.4. The van der Waals surface area contributed by atoms with Crippen molar-refractivity contribution >= 4 is 33.4 Å². The van der Waals surface area contributed by atoms with Gasteiger partial charge in [-0.2, -0.15) is 0 Å². The Labute approximate surface area is 204 Å². The van der Waals surface area contributed by atoms with Crippen LogP contribution < -0.4 is 10.6 Å². The van der Waals surface area contributed by atoms with Crippen molar-refractivity contribution in [2.45, 2.75) is 25.7 Å². The van der Waals surface area contributed by atoms with E-state index in [1.165, 1.54) is 11.1 Å². The van der Waals surface area contributed by atoms with E-state index in [-0.39, 0.29) is 5.91 Å². The Bertz CT molecular complexity index is 1100. The van der Waals surface area contributed by atoms with E-state index in [2.05, 4.69) is 39.4 Å². The number of carbonyl (C=O) groups is 1. The van der Waals surface area contributed by atoms with Gasteiger partial charge in [-0.05, 0) is 43.2 Å². The molecule has 0 aliphatic carbocycles. The first-order valence-corrected chi connectivity index (χ1v) is 13.2. The molecule has 2 N–H and O–H groups in total. The number of nitrogens with two attached hydrogens (primary N) is 1. The van der Waals surface area contributed by atoms with Gasteiger partial charge in [0.15, 0.2) is 0 Å². The Kier molecular flexibility index (Phi) is 7.37. The van der Waals surface area contributed by atoms with Gasteiger partial charge in [0.2, 0.25) is 11.9 Å². The van der Waals surface area contributed by atoms with Crippen LogP contribution in [-0.2, 0) is 9.53 Å². The van der Waals surface area contributed by atoms with E-state index in [1.807, 2.05) is 12.3 Å². The molecule has 0 spiro atoms. The maximum absolute atomic E-state index is 11.1. The van der Waals surface area contributed by atoms with Gasteiger partial charge in [0.1, 0.15) is 4.83 Å². The smallest absolute Gasteiger partial charge is 0.226 e. The molecule has 1 atom stereocenters. The number of carbonyl (C=O) groups excluding carboxylic acids is 1. The molecule has 2 fully saturated rings. The summed E-state index contributed by atoms with van der Waals surface area (Å²) in [5.41, 5.74) is 7.74. The van der Waals surface area contributed by atoms with Gasteiger partial charge in [-0.3, -0.25) is 4.79 Å². The molecule has 180 valence electrons. The normalized spacial score (nSPS) is 19.8. The van der Waals surface area contributed by atoms with Gasteiger partial charge in [0.25, 0.3) is 0 Å². The van der Waals surface area contributed by atoms with E-state index in [9.17, 15) is 4.79 Å². The van der Waals surface area contributed by atoms with Crippen LogP contribution in [0.25, 0.3) is 21.3 Å².